The van der Waals surface area contributed by atoms with Gasteiger partial charge in [0.05, 0.1) is 12.1 Å². The van der Waals surface area contributed by atoms with Gasteiger partial charge in [-0.25, -0.2) is 4.85 Å². The van der Waals surface area contributed by atoms with E-state index in [-0.39, 0.29) is 12.2 Å². The zero-order valence-corrected chi connectivity index (χ0v) is 15.3. The number of alkyl halides is 3. The van der Waals surface area contributed by atoms with Crippen LogP contribution in [0.5, 0.6) is 0 Å². The molecule has 3 aromatic rings. The van der Waals surface area contributed by atoms with E-state index in [1.165, 1.54) is 4.57 Å². The minimum Gasteiger partial charge on any atom is -0.313 e. The first-order chi connectivity index (χ1) is 13.2. The Bertz CT molecular complexity index is 1140. The van der Waals surface area contributed by atoms with Crippen LogP contribution in [0.3, 0.4) is 0 Å². The molecule has 3 nitrogen and oxygen atoms in total. The largest absolute Gasteiger partial charge is 0.407 e. The molecule has 0 unspecified atom stereocenters. The Morgan fingerprint density at radius 3 is 2.21 bits per heavy atom. The summed E-state index contributed by atoms with van der Waals surface area (Å²) in [6, 6.07) is 15.2. The number of rotatable bonds is 3. The highest BCUT2D eigenvalue weighted by molar-refractivity contribution is 5.66. The van der Waals surface area contributed by atoms with Crippen LogP contribution in [-0.2, 0) is 12.7 Å². The van der Waals surface area contributed by atoms with Gasteiger partial charge in [-0.05, 0) is 37.1 Å². The SMILES string of the molecule is [C-]#[N+]c1c(C(F)(F)F)cc(-c2cccc(C)c2)n(Cc2cccc(C)c2)c1=O. The van der Waals surface area contributed by atoms with E-state index in [0.717, 1.165) is 22.8 Å². The highest BCUT2D eigenvalue weighted by atomic mass is 19.4. The lowest BCUT2D eigenvalue weighted by Gasteiger charge is -2.18. The smallest absolute Gasteiger partial charge is 0.313 e. The van der Waals surface area contributed by atoms with Crippen molar-refractivity contribution >= 4 is 5.69 Å². The van der Waals surface area contributed by atoms with Crippen LogP contribution in [0.4, 0.5) is 18.9 Å². The summed E-state index contributed by atoms with van der Waals surface area (Å²) in [6.07, 6.45) is -4.79. The standard InChI is InChI=1S/C22H17F3N2O/c1-14-6-4-8-16(10-14)13-27-19(17-9-5-7-15(2)11-17)12-18(22(23,24)25)20(26-3)21(27)28/h4-12H,13H2,1-2H3. The van der Waals surface area contributed by atoms with E-state index >= 15 is 0 Å². The molecule has 0 aliphatic rings. The zero-order chi connectivity index (χ0) is 20.5. The van der Waals surface area contributed by atoms with E-state index in [1.54, 1.807) is 24.3 Å². The van der Waals surface area contributed by atoms with Crippen molar-refractivity contribution < 1.29 is 13.2 Å². The second kappa shape index (κ2) is 7.35. The van der Waals surface area contributed by atoms with E-state index in [4.69, 9.17) is 6.57 Å². The molecule has 142 valence electrons. The van der Waals surface area contributed by atoms with Crippen molar-refractivity contribution in [2.45, 2.75) is 26.6 Å². The molecular weight excluding hydrogens is 365 g/mol. The third-order valence-corrected chi connectivity index (χ3v) is 4.43. The Labute approximate surface area is 160 Å². The first-order valence-corrected chi connectivity index (χ1v) is 8.56. The monoisotopic (exact) mass is 382 g/mol. The first-order valence-electron chi connectivity index (χ1n) is 8.56. The fourth-order valence-electron chi connectivity index (χ4n) is 3.15. The molecule has 0 atom stereocenters. The number of nitrogens with zero attached hydrogens (tertiary/aromatic N) is 2. The summed E-state index contributed by atoms with van der Waals surface area (Å²) in [5.41, 5.74) is 0.173. The maximum Gasteiger partial charge on any atom is 0.407 e. The van der Waals surface area contributed by atoms with Gasteiger partial charge in [-0.2, -0.15) is 13.2 Å². The molecule has 2 aromatic carbocycles. The van der Waals surface area contributed by atoms with Gasteiger partial charge >= 0.3 is 6.18 Å². The summed E-state index contributed by atoms with van der Waals surface area (Å²) in [6.45, 7) is 10.9. The average molecular weight is 382 g/mol. The first kappa shape index (κ1) is 19.4. The van der Waals surface area contributed by atoms with Gasteiger partial charge in [0.1, 0.15) is 0 Å². The Morgan fingerprint density at radius 2 is 1.64 bits per heavy atom. The molecule has 0 N–H and O–H groups in total. The van der Waals surface area contributed by atoms with Crippen molar-refractivity contribution in [2.24, 2.45) is 0 Å². The topological polar surface area (TPSA) is 26.4 Å². The van der Waals surface area contributed by atoms with Crippen LogP contribution in [-0.4, -0.2) is 4.57 Å². The number of benzene rings is 2. The lowest BCUT2D eigenvalue weighted by Crippen LogP contribution is -2.25. The molecule has 0 saturated carbocycles. The molecule has 0 amide bonds. The highest BCUT2D eigenvalue weighted by Crippen LogP contribution is 2.37. The summed E-state index contributed by atoms with van der Waals surface area (Å²) in [7, 11) is 0. The predicted molar refractivity (Wildman–Crippen MR) is 102 cm³/mol. The van der Waals surface area contributed by atoms with Crippen molar-refractivity contribution in [1.82, 2.24) is 4.57 Å². The van der Waals surface area contributed by atoms with Gasteiger partial charge in [0, 0.05) is 12.2 Å². The van der Waals surface area contributed by atoms with Gasteiger partial charge in [0.25, 0.3) is 11.2 Å². The molecule has 1 heterocycles. The predicted octanol–water partition coefficient (Wildman–Crippen LogP) is 5.75. The van der Waals surface area contributed by atoms with E-state index < -0.39 is 23.0 Å². The molecule has 6 heteroatoms. The molecule has 28 heavy (non-hydrogen) atoms. The molecule has 1 aromatic heterocycles. The van der Waals surface area contributed by atoms with Crippen LogP contribution in [0.2, 0.25) is 0 Å². The Morgan fingerprint density at radius 1 is 1.00 bits per heavy atom. The van der Waals surface area contributed by atoms with Gasteiger partial charge in [-0.1, -0.05) is 53.6 Å². The molecule has 0 saturated heterocycles. The Balaban J connectivity index is 2.32. The molecule has 0 radical (unpaired) electrons. The zero-order valence-electron chi connectivity index (χ0n) is 15.3. The minimum atomic E-state index is -4.79. The van der Waals surface area contributed by atoms with Gasteiger partial charge < -0.3 is 4.57 Å². The maximum atomic E-state index is 13.5. The van der Waals surface area contributed by atoms with Crippen LogP contribution in [0.15, 0.2) is 59.4 Å². The van der Waals surface area contributed by atoms with E-state index in [1.807, 2.05) is 38.1 Å². The molecule has 0 aliphatic heterocycles. The van der Waals surface area contributed by atoms with Crippen LogP contribution in [0, 0.1) is 20.4 Å². The van der Waals surface area contributed by atoms with Crippen LogP contribution >= 0.6 is 0 Å². The summed E-state index contributed by atoms with van der Waals surface area (Å²) in [4.78, 5) is 15.8. The Kier molecular flexibility index (Phi) is 5.10. The summed E-state index contributed by atoms with van der Waals surface area (Å²) in [5.74, 6) is 0. The van der Waals surface area contributed by atoms with Crippen molar-refractivity contribution in [3.63, 3.8) is 0 Å². The number of halogens is 3. The van der Waals surface area contributed by atoms with Crippen LogP contribution in [0.1, 0.15) is 22.3 Å². The summed E-state index contributed by atoms with van der Waals surface area (Å²) < 4.78 is 41.8. The highest BCUT2D eigenvalue weighted by Gasteiger charge is 2.36. The summed E-state index contributed by atoms with van der Waals surface area (Å²) in [5, 5.41) is 0. The van der Waals surface area contributed by atoms with Gasteiger partial charge in [0.2, 0.25) is 0 Å². The molecule has 0 bridgehead atoms. The molecule has 0 aliphatic carbocycles. The number of hydrogen-bond donors (Lipinski definition) is 0. The van der Waals surface area contributed by atoms with Crippen LogP contribution < -0.4 is 5.56 Å². The van der Waals surface area contributed by atoms with Crippen molar-refractivity contribution in [3.8, 4) is 11.3 Å². The fraction of sp³-hybridized carbons (Fsp3) is 0.182. The maximum absolute atomic E-state index is 13.5. The minimum absolute atomic E-state index is 0.0739. The lowest BCUT2D eigenvalue weighted by atomic mass is 10.0. The fourth-order valence-corrected chi connectivity index (χ4v) is 3.15. The molecule has 0 fully saturated rings. The Hall–Kier alpha value is -3.33. The molecule has 3 rings (SSSR count). The number of hydrogen-bond acceptors (Lipinski definition) is 1. The van der Waals surface area contributed by atoms with Gasteiger partial charge in [0.15, 0.2) is 0 Å². The van der Waals surface area contributed by atoms with Gasteiger partial charge in [-0.15, -0.1) is 0 Å². The van der Waals surface area contributed by atoms with E-state index in [0.29, 0.717) is 5.56 Å². The van der Waals surface area contributed by atoms with E-state index in [2.05, 4.69) is 4.85 Å². The quantitative estimate of drug-likeness (QED) is 0.530. The second-order valence-corrected chi connectivity index (χ2v) is 6.65. The van der Waals surface area contributed by atoms with Crippen molar-refractivity contribution in [3.05, 3.63) is 98.6 Å². The second-order valence-electron chi connectivity index (χ2n) is 6.65. The van der Waals surface area contributed by atoms with Crippen molar-refractivity contribution in [1.29, 1.82) is 0 Å². The van der Waals surface area contributed by atoms with Gasteiger partial charge in [-0.3, -0.25) is 4.79 Å². The molecule has 0 spiro atoms. The number of aryl methyl sites for hydroxylation is 2. The third-order valence-electron chi connectivity index (χ3n) is 4.43. The lowest BCUT2D eigenvalue weighted by molar-refractivity contribution is -0.136. The normalized spacial score (nSPS) is 11.3. The third kappa shape index (κ3) is 3.84. The van der Waals surface area contributed by atoms with Crippen molar-refractivity contribution in [2.75, 3.05) is 0 Å². The number of aromatic nitrogens is 1. The van der Waals surface area contributed by atoms with Crippen LogP contribution in [0.25, 0.3) is 16.1 Å². The average Bonchev–Trinajstić information content (AvgIpc) is 2.62. The number of pyridine rings is 1. The summed E-state index contributed by atoms with van der Waals surface area (Å²) >= 11 is 0. The van der Waals surface area contributed by atoms with E-state index in [9.17, 15) is 18.0 Å². The molecular formula is C22H17F3N2O.